The zero-order valence-electron chi connectivity index (χ0n) is 15.2. The van der Waals surface area contributed by atoms with E-state index < -0.39 is 13.2 Å². The fraction of sp³-hybridized carbons (Fsp3) is 0.300. The van der Waals surface area contributed by atoms with E-state index >= 15 is 0 Å². The van der Waals surface area contributed by atoms with Crippen LogP contribution in [0.3, 0.4) is 0 Å². The zero-order valence-corrected chi connectivity index (χ0v) is 15.2. The Hall–Kier alpha value is -3.10. The molecule has 29 heavy (non-hydrogen) atoms. The highest BCUT2D eigenvalue weighted by Gasteiger charge is 2.31. The highest BCUT2D eigenvalue weighted by molar-refractivity contribution is 5.92. The molecule has 1 saturated carbocycles. The minimum absolute atomic E-state index is 0.104. The van der Waals surface area contributed by atoms with Gasteiger partial charge in [-0.25, -0.2) is 0 Å². The lowest BCUT2D eigenvalue weighted by Gasteiger charge is -2.20. The number of halogens is 4. The summed E-state index contributed by atoms with van der Waals surface area (Å²) in [7, 11) is 0. The average molecular weight is 410 g/mol. The van der Waals surface area contributed by atoms with Gasteiger partial charge >= 0.3 is 13.2 Å². The van der Waals surface area contributed by atoms with Crippen LogP contribution in [-0.2, 0) is 11.3 Å². The van der Waals surface area contributed by atoms with Gasteiger partial charge in [0.2, 0.25) is 5.91 Å². The Labute approximate surface area is 164 Å². The monoisotopic (exact) mass is 410 g/mol. The lowest BCUT2D eigenvalue weighted by atomic mass is 10.1. The van der Waals surface area contributed by atoms with Gasteiger partial charge in [-0.2, -0.15) is 17.6 Å². The summed E-state index contributed by atoms with van der Waals surface area (Å²) in [5.74, 6) is -1.01. The second-order valence-corrected chi connectivity index (χ2v) is 6.31. The van der Waals surface area contributed by atoms with E-state index in [-0.39, 0.29) is 29.0 Å². The van der Waals surface area contributed by atoms with Crippen LogP contribution in [0.25, 0.3) is 6.08 Å². The Bertz CT molecular complexity index is 858. The summed E-state index contributed by atoms with van der Waals surface area (Å²) in [5.41, 5.74) is 0.866. The van der Waals surface area contributed by atoms with E-state index in [4.69, 9.17) is 0 Å². The van der Waals surface area contributed by atoms with Crippen LogP contribution in [0, 0.1) is 0 Å². The van der Waals surface area contributed by atoms with Gasteiger partial charge in [-0.3, -0.25) is 9.78 Å². The van der Waals surface area contributed by atoms with E-state index in [0.717, 1.165) is 24.6 Å². The molecule has 1 aromatic heterocycles. The molecule has 0 spiro atoms. The SMILES string of the molecule is O=C(/C=C/c1ccc(OC(F)F)cc1OC(F)F)N(Cc1ccccn1)C1CC1. The number of hydrogen-bond acceptors (Lipinski definition) is 4. The fourth-order valence-electron chi connectivity index (χ4n) is 2.72. The van der Waals surface area contributed by atoms with Crippen molar-refractivity contribution >= 4 is 12.0 Å². The Morgan fingerprint density at radius 2 is 1.90 bits per heavy atom. The number of alkyl halides is 4. The van der Waals surface area contributed by atoms with Crippen molar-refractivity contribution in [1.82, 2.24) is 9.88 Å². The van der Waals surface area contributed by atoms with Gasteiger partial charge in [-0.1, -0.05) is 6.07 Å². The molecule has 0 unspecified atom stereocenters. The lowest BCUT2D eigenvalue weighted by Crippen LogP contribution is -2.31. The Morgan fingerprint density at radius 3 is 2.52 bits per heavy atom. The molecule has 9 heteroatoms. The van der Waals surface area contributed by atoms with Crippen molar-refractivity contribution in [3.63, 3.8) is 0 Å². The second kappa shape index (κ2) is 9.40. The van der Waals surface area contributed by atoms with Crippen molar-refractivity contribution in [2.45, 2.75) is 38.7 Å². The van der Waals surface area contributed by atoms with Gasteiger partial charge in [-0.05, 0) is 43.2 Å². The quantitative estimate of drug-likeness (QED) is 0.452. The van der Waals surface area contributed by atoms with Crippen molar-refractivity contribution in [2.24, 2.45) is 0 Å². The van der Waals surface area contributed by atoms with E-state index in [0.29, 0.717) is 6.54 Å². The first-order chi connectivity index (χ1) is 13.9. The maximum atomic E-state index is 12.7. The molecule has 3 rings (SSSR count). The van der Waals surface area contributed by atoms with Crippen LogP contribution in [0.4, 0.5) is 17.6 Å². The van der Waals surface area contributed by atoms with Crippen LogP contribution < -0.4 is 9.47 Å². The van der Waals surface area contributed by atoms with E-state index in [2.05, 4.69) is 14.5 Å². The molecule has 0 aliphatic heterocycles. The maximum absolute atomic E-state index is 12.7. The van der Waals surface area contributed by atoms with Gasteiger partial charge in [-0.15, -0.1) is 0 Å². The van der Waals surface area contributed by atoms with Gasteiger partial charge in [0, 0.05) is 29.9 Å². The number of carbonyl (C=O) groups is 1. The predicted octanol–water partition coefficient (Wildman–Crippen LogP) is 4.49. The Morgan fingerprint density at radius 1 is 1.14 bits per heavy atom. The third kappa shape index (κ3) is 6.20. The van der Waals surface area contributed by atoms with Crippen molar-refractivity contribution in [2.75, 3.05) is 0 Å². The summed E-state index contributed by atoms with van der Waals surface area (Å²) >= 11 is 0. The number of aromatic nitrogens is 1. The molecule has 1 heterocycles. The largest absolute Gasteiger partial charge is 0.435 e. The molecule has 1 aliphatic carbocycles. The third-order valence-corrected chi connectivity index (χ3v) is 4.16. The van der Waals surface area contributed by atoms with Gasteiger partial charge in [0.05, 0.1) is 12.2 Å². The minimum Gasteiger partial charge on any atom is -0.435 e. The summed E-state index contributed by atoms with van der Waals surface area (Å²) in [6.07, 6.45) is 5.94. The van der Waals surface area contributed by atoms with E-state index in [1.807, 2.05) is 12.1 Å². The van der Waals surface area contributed by atoms with Crippen molar-refractivity contribution in [3.05, 3.63) is 59.9 Å². The van der Waals surface area contributed by atoms with Crippen molar-refractivity contribution in [1.29, 1.82) is 0 Å². The highest BCUT2D eigenvalue weighted by Crippen LogP contribution is 2.30. The van der Waals surface area contributed by atoms with Crippen LogP contribution >= 0.6 is 0 Å². The van der Waals surface area contributed by atoms with E-state index in [1.165, 1.54) is 24.3 Å². The number of nitrogens with zero attached hydrogens (tertiary/aromatic N) is 2. The summed E-state index contributed by atoms with van der Waals surface area (Å²) in [5, 5.41) is 0. The lowest BCUT2D eigenvalue weighted by molar-refractivity contribution is -0.127. The number of pyridine rings is 1. The Kier molecular flexibility index (Phi) is 6.69. The molecule has 1 aromatic carbocycles. The topological polar surface area (TPSA) is 51.7 Å². The molecular weight excluding hydrogens is 392 g/mol. The molecule has 1 fully saturated rings. The molecule has 0 bridgehead atoms. The fourth-order valence-corrected chi connectivity index (χ4v) is 2.72. The first kappa shape index (κ1) is 20.6. The smallest absolute Gasteiger partial charge is 0.387 e. The highest BCUT2D eigenvalue weighted by atomic mass is 19.3. The summed E-state index contributed by atoms with van der Waals surface area (Å²) in [6.45, 7) is -5.93. The standard InChI is InChI=1S/C20H18F4N2O3/c21-19(22)28-16-8-4-13(17(11-16)29-20(23)24)5-9-18(27)26(15-6-7-15)12-14-3-1-2-10-25-14/h1-5,8-11,15,19-20H,6-7,12H2/b9-5+. The molecule has 1 aliphatic rings. The summed E-state index contributed by atoms with van der Waals surface area (Å²) in [4.78, 5) is 18.5. The average Bonchev–Trinajstić information content (AvgIpc) is 3.50. The van der Waals surface area contributed by atoms with Crippen LogP contribution in [-0.4, -0.2) is 35.1 Å². The first-order valence-electron chi connectivity index (χ1n) is 8.84. The number of benzene rings is 1. The number of amides is 1. The molecule has 0 atom stereocenters. The second-order valence-electron chi connectivity index (χ2n) is 6.31. The molecule has 0 radical (unpaired) electrons. The Balaban J connectivity index is 1.76. The molecule has 2 aromatic rings. The molecule has 0 saturated heterocycles. The van der Waals surface area contributed by atoms with Crippen LogP contribution in [0.5, 0.6) is 11.5 Å². The molecule has 5 nitrogen and oxygen atoms in total. The normalized spacial score (nSPS) is 13.9. The third-order valence-electron chi connectivity index (χ3n) is 4.16. The van der Waals surface area contributed by atoms with Crippen LogP contribution in [0.2, 0.25) is 0 Å². The van der Waals surface area contributed by atoms with Crippen molar-refractivity contribution in [3.8, 4) is 11.5 Å². The van der Waals surface area contributed by atoms with Crippen molar-refractivity contribution < 1.29 is 31.8 Å². The van der Waals surface area contributed by atoms with Gasteiger partial charge in [0.15, 0.2) is 0 Å². The van der Waals surface area contributed by atoms with Crippen LogP contribution in [0.15, 0.2) is 48.7 Å². The van der Waals surface area contributed by atoms with Crippen LogP contribution in [0.1, 0.15) is 24.1 Å². The summed E-state index contributed by atoms with van der Waals surface area (Å²) in [6, 6.07) is 8.88. The van der Waals surface area contributed by atoms with Gasteiger partial charge < -0.3 is 14.4 Å². The molecular formula is C20H18F4N2O3. The number of rotatable bonds is 9. The molecule has 0 N–H and O–H groups in total. The summed E-state index contributed by atoms with van der Waals surface area (Å²) < 4.78 is 58.6. The van der Waals surface area contributed by atoms with Gasteiger partial charge in [0.25, 0.3) is 0 Å². The van der Waals surface area contributed by atoms with E-state index in [9.17, 15) is 22.4 Å². The number of ether oxygens (including phenoxy) is 2. The molecule has 154 valence electrons. The van der Waals surface area contributed by atoms with Gasteiger partial charge in [0.1, 0.15) is 11.5 Å². The number of carbonyl (C=O) groups excluding carboxylic acids is 1. The minimum atomic E-state index is -3.16. The van der Waals surface area contributed by atoms with E-state index in [1.54, 1.807) is 17.2 Å². The zero-order chi connectivity index (χ0) is 20.8. The predicted molar refractivity (Wildman–Crippen MR) is 96.5 cm³/mol. The molecule has 1 amide bonds. The first-order valence-corrected chi connectivity index (χ1v) is 8.84. The maximum Gasteiger partial charge on any atom is 0.387 e. The number of hydrogen-bond donors (Lipinski definition) is 0.